The number of benzene rings is 1. The van der Waals surface area contributed by atoms with Crippen LogP contribution in [0.1, 0.15) is 44.1 Å². The lowest BCUT2D eigenvalue weighted by Crippen LogP contribution is -2.34. The summed E-state index contributed by atoms with van der Waals surface area (Å²) in [6.07, 6.45) is 4.16. The summed E-state index contributed by atoms with van der Waals surface area (Å²) in [6, 6.07) is 10.8. The van der Waals surface area contributed by atoms with Gasteiger partial charge in [-0.05, 0) is 18.4 Å². The van der Waals surface area contributed by atoms with Crippen molar-refractivity contribution in [2.45, 2.75) is 50.1 Å². The molecule has 1 saturated heterocycles. The predicted molar refractivity (Wildman–Crippen MR) is 68.0 cm³/mol. The van der Waals surface area contributed by atoms with E-state index in [9.17, 15) is 4.79 Å². The summed E-state index contributed by atoms with van der Waals surface area (Å²) >= 11 is 0. The van der Waals surface area contributed by atoms with E-state index in [1.807, 2.05) is 6.07 Å². The number of fused-ring (bicyclic) bond motifs is 1. The largest absolute Gasteiger partial charge is 0.298 e. The smallest absolute Gasteiger partial charge is 0.155 e. The van der Waals surface area contributed by atoms with Gasteiger partial charge in [-0.15, -0.1) is 0 Å². The Morgan fingerprint density at radius 1 is 1.29 bits per heavy atom. The molecular formula is C15H19NO. The number of rotatable bonds is 2. The van der Waals surface area contributed by atoms with E-state index in [1.54, 1.807) is 0 Å². The minimum Gasteiger partial charge on any atom is -0.298 e. The maximum absolute atomic E-state index is 12.3. The first-order valence-electron chi connectivity index (χ1n) is 6.61. The van der Waals surface area contributed by atoms with Crippen LogP contribution in [0.2, 0.25) is 0 Å². The summed E-state index contributed by atoms with van der Waals surface area (Å²) in [7, 11) is 0. The van der Waals surface area contributed by atoms with Crippen molar-refractivity contribution in [1.82, 2.24) is 5.32 Å². The molecule has 2 fully saturated rings. The summed E-state index contributed by atoms with van der Waals surface area (Å²) in [5.74, 6) is 0.718. The lowest BCUT2D eigenvalue weighted by atomic mass is 9.81. The predicted octanol–water partition coefficient (Wildman–Crippen LogP) is 2.64. The third-order valence-electron chi connectivity index (χ3n) is 4.47. The Labute approximate surface area is 102 Å². The van der Waals surface area contributed by atoms with Gasteiger partial charge in [0.2, 0.25) is 0 Å². The second kappa shape index (κ2) is 3.95. The van der Waals surface area contributed by atoms with Gasteiger partial charge >= 0.3 is 0 Å². The normalized spacial score (nSPS) is 33.7. The van der Waals surface area contributed by atoms with Crippen molar-refractivity contribution in [1.29, 1.82) is 0 Å². The number of carbonyl (C=O) groups excluding carboxylic acids is 1. The molecule has 3 unspecified atom stereocenters. The van der Waals surface area contributed by atoms with E-state index >= 15 is 0 Å². The molecule has 0 amide bonds. The first-order valence-corrected chi connectivity index (χ1v) is 6.61. The molecule has 0 aromatic heterocycles. The zero-order valence-electron chi connectivity index (χ0n) is 10.3. The standard InChI is InChI=1S/C15H19NO/c1-11(12-7-3-2-4-8-12)15-13(16-15)9-5-6-10-14(15)17/h2-4,7-8,11,13,16H,5-6,9-10H2,1H3. The molecule has 1 heterocycles. The van der Waals surface area contributed by atoms with Crippen LogP contribution in [0.5, 0.6) is 0 Å². The molecule has 0 bridgehead atoms. The van der Waals surface area contributed by atoms with Gasteiger partial charge in [0, 0.05) is 18.4 Å². The number of Topliss-reactive ketones (excluding diaryl/α,β-unsaturated/α-hetero) is 1. The van der Waals surface area contributed by atoms with Crippen molar-refractivity contribution < 1.29 is 4.79 Å². The first-order chi connectivity index (χ1) is 8.25. The number of nitrogens with one attached hydrogen (secondary N) is 1. The van der Waals surface area contributed by atoms with Crippen LogP contribution in [0.4, 0.5) is 0 Å². The van der Waals surface area contributed by atoms with Crippen LogP contribution in [0.3, 0.4) is 0 Å². The summed E-state index contributed by atoms with van der Waals surface area (Å²) in [4.78, 5) is 12.3. The van der Waals surface area contributed by atoms with Crippen LogP contribution in [0, 0.1) is 0 Å². The van der Waals surface area contributed by atoms with Crippen molar-refractivity contribution in [3.05, 3.63) is 35.9 Å². The fourth-order valence-electron chi connectivity index (χ4n) is 3.34. The first kappa shape index (κ1) is 11.0. The molecule has 1 aromatic carbocycles. The van der Waals surface area contributed by atoms with Gasteiger partial charge in [0.15, 0.2) is 5.78 Å². The van der Waals surface area contributed by atoms with Gasteiger partial charge in [-0.2, -0.15) is 0 Å². The molecule has 0 spiro atoms. The van der Waals surface area contributed by atoms with E-state index < -0.39 is 0 Å². The number of hydrogen-bond acceptors (Lipinski definition) is 2. The van der Waals surface area contributed by atoms with Crippen LogP contribution < -0.4 is 5.32 Å². The van der Waals surface area contributed by atoms with Crippen molar-refractivity contribution in [2.75, 3.05) is 0 Å². The zero-order chi connectivity index (χ0) is 11.9. The Balaban J connectivity index is 1.91. The highest BCUT2D eigenvalue weighted by molar-refractivity contribution is 5.94. The summed E-state index contributed by atoms with van der Waals surface area (Å²) in [6.45, 7) is 2.19. The van der Waals surface area contributed by atoms with E-state index in [1.165, 1.54) is 12.0 Å². The Hall–Kier alpha value is -1.15. The van der Waals surface area contributed by atoms with Gasteiger partial charge in [-0.1, -0.05) is 43.7 Å². The Bertz CT molecular complexity index is 428. The molecule has 2 aliphatic rings. The highest BCUT2D eigenvalue weighted by atomic mass is 16.1. The quantitative estimate of drug-likeness (QED) is 0.792. The fraction of sp³-hybridized carbons (Fsp3) is 0.533. The lowest BCUT2D eigenvalue weighted by molar-refractivity contribution is -0.121. The maximum Gasteiger partial charge on any atom is 0.155 e. The van der Waals surface area contributed by atoms with Crippen molar-refractivity contribution in [3.63, 3.8) is 0 Å². The second-order valence-electron chi connectivity index (χ2n) is 5.37. The second-order valence-corrected chi connectivity index (χ2v) is 5.37. The maximum atomic E-state index is 12.3. The average Bonchev–Trinajstić information content (AvgIpc) is 3.10. The summed E-state index contributed by atoms with van der Waals surface area (Å²) in [5.41, 5.74) is 1.04. The van der Waals surface area contributed by atoms with E-state index in [-0.39, 0.29) is 5.54 Å². The fourth-order valence-corrected chi connectivity index (χ4v) is 3.34. The topological polar surface area (TPSA) is 39.0 Å². The molecule has 1 aromatic rings. The van der Waals surface area contributed by atoms with Crippen LogP contribution in [-0.2, 0) is 4.79 Å². The van der Waals surface area contributed by atoms with Crippen molar-refractivity contribution in [3.8, 4) is 0 Å². The van der Waals surface area contributed by atoms with Gasteiger partial charge < -0.3 is 0 Å². The van der Waals surface area contributed by atoms with E-state index in [0.29, 0.717) is 17.7 Å². The van der Waals surface area contributed by atoms with Gasteiger partial charge in [-0.3, -0.25) is 10.1 Å². The molecule has 0 radical (unpaired) electrons. The molecule has 3 atom stereocenters. The molecule has 1 N–H and O–H groups in total. The molecule has 2 heteroatoms. The van der Waals surface area contributed by atoms with Crippen LogP contribution in [0.15, 0.2) is 30.3 Å². The minimum atomic E-state index is -0.238. The molecule has 17 heavy (non-hydrogen) atoms. The molecule has 3 rings (SSSR count). The van der Waals surface area contributed by atoms with E-state index in [2.05, 4.69) is 36.5 Å². The average molecular weight is 229 g/mol. The van der Waals surface area contributed by atoms with Gasteiger partial charge in [0.1, 0.15) is 0 Å². The molecular weight excluding hydrogens is 210 g/mol. The highest BCUT2D eigenvalue weighted by Crippen LogP contribution is 2.46. The lowest BCUT2D eigenvalue weighted by Gasteiger charge is -2.21. The van der Waals surface area contributed by atoms with E-state index in [4.69, 9.17) is 0 Å². The summed E-state index contributed by atoms with van der Waals surface area (Å²) < 4.78 is 0. The van der Waals surface area contributed by atoms with E-state index in [0.717, 1.165) is 19.3 Å². The molecule has 2 nitrogen and oxygen atoms in total. The van der Waals surface area contributed by atoms with Gasteiger partial charge in [0.25, 0.3) is 0 Å². The number of carbonyl (C=O) groups is 1. The zero-order valence-corrected chi connectivity index (χ0v) is 10.3. The van der Waals surface area contributed by atoms with Crippen molar-refractivity contribution in [2.24, 2.45) is 0 Å². The minimum absolute atomic E-state index is 0.238. The van der Waals surface area contributed by atoms with Gasteiger partial charge in [0.05, 0.1) is 5.54 Å². The number of hydrogen-bond donors (Lipinski definition) is 1. The number of ketones is 1. The molecule has 90 valence electrons. The van der Waals surface area contributed by atoms with Gasteiger partial charge in [-0.25, -0.2) is 0 Å². The SMILES string of the molecule is CC(c1ccccc1)C12NC1CCCCC2=O. The van der Waals surface area contributed by atoms with Crippen molar-refractivity contribution >= 4 is 5.78 Å². The summed E-state index contributed by atoms with van der Waals surface area (Å²) in [5, 5.41) is 3.48. The van der Waals surface area contributed by atoms with Crippen LogP contribution in [0.25, 0.3) is 0 Å². The Morgan fingerprint density at radius 2 is 2.06 bits per heavy atom. The molecule has 1 aliphatic heterocycles. The highest BCUT2D eigenvalue weighted by Gasteiger charge is 2.62. The van der Waals surface area contributed by atoms with Crippen LogP contribution in [-0.4, -0.2) is 17.4 Å². The molecule has 1 aliphatic carbocycles. The Kier molecular flexibility index (Phi) is 2.55. The Morgan fingerprint density at radius 3 is 2.82 bits per heavy atom. The third-order valence-corrected chi connectivity index (χ3v) is 4.47. The molecule has 1 saturated carbocycles. The third kappa shape index (κ3) is 1.62. The van der Waals surface area contributed by atoms with Crippen LogP contribution >= 0.6 is 0 Å². The monoisotopic (exact) mass is 229 g/mol.